The maximum Gasteiger partial charge on any atom is 0.341 e. The Kier molecular flexibility index (Phi) is 5.02. The van der Waals surface area contributed by atoms with Gasteiger partial charge in [0.15, 0.2) is 11.4 Å². The first kappa shape index (κ1) is 21.0. The van der Waals surface area contributed by atoms with Crippen molar-refractivity contribution in [2.75, 3.05) is 0 Å². The number of carbonyl (C=O) groups is 3. The topological polar surface area (TPSA) is 82.2 Å². The fourth-order valence-corrected chi connectivity index (χ4v) is 5.19. The van der Waals surface area contributed by atoms with E-state index in [1.807, 2.05) is 27.7 Å². The third kappa shape index (κ3) is 3.30. The predicted octanol–water partition coefficient (Wildman–Crippen LogP) is 3.51. The Morgan fingerprint density at radius 3 is 2.25 bits per heavy atom. The quantitative estimate of drug-likeness (QED) is 0.415. The second kappa shape index (κ2) is 6.68. The summed E-state index contributed by atoms with van der Waals surface area (Å²) in [5.74, 6) is -0.762. The van der Waals surface area contributed by atoms with Crippen molar-refractivity contribution >= 4 is 17.7 Å². The first-order valence-electron chi connectivity index (χ1n) is 10.1. The van der Waals surface area contributed by atoms with Crippen molar-refractivity contribution in [1.82, 2.24) is 0 Å². The smallest absolute Gasteiger partial charge is 0.341 e. The highest BCUT2D eigenvalue weighted by molar-refractivity contribution is 5.97. The monoisotopic (exact) mass is 392 g/mol. The van der Waals surface area contributed by atoms with Crippen LogP contribution in [0.4, 0.5) is 0 Å². The molecule has 2 saturated carbocycles. The number of Topliss-reactive ketones (excluding diaryl/α,β-unsaturated/α-hetero) is 1. The molecule has 2 aliphatic carbocycles. The van der Waals surface area contributed by atoms with Crippen molar-refractivity contribution in [3.63, 3.8) is 0 Å². The van der Waals surface area contributed by atoms with Crippen LogP contribution in [0.1, 0.15) is 74.1 Å². The van der Waals surface area contributed by atoms with Crippen molar-refractivity contribution in [1.29, 1.82) is 0 Å². The first-order valence-corrected chi connectivity index (χ1v) is 10.1. The van der Waals surface area contributed by atoms with E-state index in [9.17, 15) is 14.4 Å². The summed E-state index contributed by atoms with van der Waals surface area (Å²) in [4.78, 5) is 37.4. The van der Waals surface area contributed by atoms with Gasteiger partial charge in [0, 0.05) is 19.3 Å². The molecule has 1 saturated heterocycles. The predicted molar refractivity (Wildman–Crippen MR) is 102 cm³/mol. The summed E-state index contributed by atoms with van der Waals surface area (Å²) >= 11 is 0. The highest BCUT2D eigenvalue weighted by atomic mass is 16.7. The molecule has 6 nitrogen and oxygen atoms in total. The number of ketones is 1. The SMILES string of the molecule is CC(=O)O[C@@]1(C)[C@@H]2CC(=C(C)C)C(=O)C[C@@]2(C)CC[C@H]1OC(=O)[C@]1(C)O[C@@H]1C. The molecule has 0 aromatic carbocycles. The third-order valence-electron chi connectivity index (χ3n) is 7.22. The lowest BCUT2D eigenvalue weighted by Crippen LogP contribution is -2.62. The molecule has 6 atom stereocenters. The molecule has 3 rings (SSSR count). The zero-order valence-electron chi connectivity index (χ0n) is 18.0. The fourth-order valence-electron chi connectivity index (χ4n) is 5.19. The minimum absolute atomic E-state index is 0.108. The number of hydrogen-bond donors (Lipinski definition) is 0. The molecule has 0 aromatic heterocycles. The Morgan fingerprint density at radius 1 is 1.14 bits per heavy atom. The van der Waals surface area contributed by atoms with Gasteiger partial charge in [-0.2, -0.15) is 0 Å². The number of esters is 2. The summed E-state index contributed by atoms with van der Waals surface area (Å²) in [5, 5.41) is 0. The molecule has 0 amide bonds. The van der Waals surface area contributed by atoms with Crippen LogP contribution in [-0.4, -0.2) is 41.1 Å². The van der Waals surface area contributed by atoms with Gasteiger partial charge >= 0.3 is 11.9 Å². The minimum atomic E-state index is -0.996. The molecule has 0 bridgehead atoms. The molecule has 3 aliphatic rings. The van der Waals surface area contributed by atoms with Gasteiger partial charge in [0.1, 0.15) is 11.7 Å². The third-order valence-corrected chi connectivity index (χ3v) is 7.22. The average Bonchev–Trinajstić information content (AvgIpc) is 3.17. The van der Waals surface area contributed by atoms with E-state index in [1.165, 1.54) is 6.92 Å². The van der Waals surface area contributed by atoms with E-state index in [0.29, 0.717) is 19.3 Å². The maximum absolute atomic E-state index is 12.7. The first-order chi connectivity index (χ1) is 12.8. The Bertz CT molecular complexity index is 750. The summed E-state index contributed by atoms with van der Waals surface area (Å²) < 4.78 is 17.2. The van der Waals surface area contributed by atoms with E-state index in [4.69, 9.17) is 14.2 Å². The second-order valence-corrected chi connectivity index (χ2v) is 9.57. The molecule has 1 heterocycles. The summed E-state index contributed by atoms with van der Waals surface area (Å²) in [6.45, 7) is 12.7. The Balaban J connectivity index is 1.95. The number of allylic oxidation sites excluding steroid dienone is 2. The minimum Gasteiger partial charge on any atom is -0.456 e. The molecule has 0 spiro atoms. The molecule has 0 unspecified atom stereocenters. The summed E-state index contributed by atoms with van der Waals surface area (Å²) in [5.41, 5.74) is -0.422. The lowest BCUT2D eigenvalue weighted by atomic mass is 9.53. The number of ether oxygens (including phenoxy) is 3. The van der Waals surface area contributed by atoms with Crippen molar-refractivity contribution in [2.24, 2.45) is 11.3 Å². The van der Waals surface area contributed by atoms with Crippen molar-refractivity contribution in [3.05, 3.63) is 11.1 Å². The zero-order valence-corrected chi connectivity index (χ0v) is 18.0. The van der Waals surface area contributed by atoms with Gasteiger partial charge in [-0.05, 0) is 64.9 Å². The van der Waals surface area contributed by atoms with E-state index in [2.05, 4.69) is 6.92 Å². The van der Waals surface area contributed by atoms with Crippen LogP contribution in [0.3, 0.4) is 0 Å². The molecule has 0 aromatic rings. The highest BCUT2D eigenvalue weighted by Gasteiger charge is 2.63. The van der Waals surface area contributed by atoms with Gasteiger partial charge in [-0.3, -0.25) is 9.59 Å². The van der Waals surface area contributed by atoms with E-state index in [1.54, 1.807) is 6.92 Å². The second-order valence-electron chi connectivity index (χ2n) is 9.57. The molecular formula is C22H32O6. The maximum atomic E-state index is 12.7. The van der Waals surface area contributed by atoms with Crippen molar-refractivity contribution < 1.29 is 28.6 Å². The van der Waals surface area contributed by atoms with Crippen LogP contribution in [0.25, 0.3) is 0 Å². The largest absolute Gasteiger partial charge is 0.456 e. The molecule has 0 N–H and O–H groups in total. The molecule has 3 fully saturated rings. The van der Waals surface area contributed by atoms with Gasteiger partial charge in [0.2, 0.25) is 0 Å². The summed E-state index contributed by atoms with van der Waals surface area (Å²) in [7, 11) is 0. The van der Waals surface area contributed by atoms with E-state index >= 15 is 0 Å². The number of fused-ring (bicyclic) bond motifs is 1. The van der Waals surface area contributed by atoms with Gasteiger partial charge in [0.25, 0.3) is 0 Å². The van der Waals surface area contributed by atoms with E-state index < -0.39 is 29.2 Å². The molecule has 28 heavy (non-hydrogen) atoms. The van der Waals surface area contributed by atoms with Crippen LogP contribution in [0.2, 0.25) is 0 Å². The molecule has 1 aliphatic heterocycles. The molecule has 6 heteroatoms. The van der Waals surface area contributed by atoms with Crippen LogP contribution in [0.5, 0.6) is 0 Å². The van der Waals surface area contributed by atoms with E-state index in [-0.39, 0.29) is 23.2 Å². The summed E-state index contributed by atoms with van der Waals surface area (Å²) in [6.07, 6.45) is 1.49. The van der Waals surface area contributed by atoms with Crippen LogP contribution < -0.4 is 0 Å². The van der Waals surface area contributed by atoms with Crippen LogP contribution in [-0.2, 0) is 28.6 Å². The molecular weight excluding hydrogens is 360 g/mol. The lowest BCUT2D eigenvalue weighted by Gasteiger charge is -2.56. The normalized spacial score (nSPS) is 42.5. The standard InChI is InChI=1S/C22H32O6/c1-12(2)15-10-17-20(5,11-16(15)24)9-8-18(22(17,7)28-14(4)23)26-19(25)21(6)13(3)27-21/h13,17-18H,8-11H2,1-7H3/t13-,17-,18-,20-,21-,22+/m1/s1. The Morgan fingerprint density at radius 2 is 1.75 bits per heavy atom. The van der Waals surface area contributed by atoms with Gasteiger partial charge in [0.05, 0.1) is 6.10 Å². The van der Waals surface area contributed by atoms with Crippen LogP contribution in [0, 0.1) is 11.3 Å². The molecule has 0 radical (unpaired) electrons. The zero-order chi connectivity index (χ0) is 21.1. The van der Waals surface area contributed by atoms with Crippen LogP contribution in [0.15, 0.2) is 11.1 Å². The number of rotatable bonds is 3. The molecule has 156 valence electrons. The Hall–Kier alpha value is -1.69. The lowest BCUT2D eigenvalue weighted by molar-refractivity contribution is -0.219. The van der Waals surface area contributed by atoms with Gasteiger partial charge in [-0.15, -0.1) is 0 Å². The Labute approximate surface area is 167 Å². The number of hydrogen-bond acceptors (Lipinski definition) is 6. The highest BCUT2D eigenvalue weighted by Crippen LogP contribution is 2.57. The van der Waals surface area contributed by atoms with E-state index in [0.717, 1.165) is 17.6 Å². The average molecular weight is 392 g/mol. The summed E-state index contributed by atoms with van der Waals surface area (Å²) in [6, 6.07) is 0. The van der Waals surface area contributed by atoms with Crippen molar-refractivity contribution in [2.45, 2.75) is 97.6 Å². The van der Waals surface area contributed by atoms with Gasteiger partial charge in [-0.25, -0.2) is 4.79 Å². The van der Waals surface area contributed by atoms with Gasteiger partial charge < -0.3 is 14.2 Å². The van der Waals surface area contributed by atoms with Gasteiger partial charge in [-0.1, -0.05) is 12.5 Å². The van der Waals surface area contributed by atoms with Crippen molar-refractivity contribution in [3.8, 4) is 0 Å². The number of carbonyl (C=O) groups excluding carboxylic acids is 3. The fraction of sp³-hybridized carbons (Fsp3) is 0.773. The number of epoxide rings is 1. The van der Waals surface area contributed by atoms with Crippen LogP contribution >= 0.6 is 0 Å².